The van der Waals surface area contributed by atoms with Crippen molar-refractivity contribution >= 4 is 23.7 Å². The lowest BCUT2D eigenvalue weighted by Crippen LogP contribution is -2.18. The number of amides is 1. The molecule has 0 atom stereocenters. The van der Waals surface area contributed by atoms with E-state index in [4.69, 9.17) is 16.0 Å². The molecule has 0 saturated carbocycles. The van der Waals surface area contributed by atoms with E-state index < -0.39 is 5.91 Å². The number of nitrogens with zero attached hydrogens (tertiary/aromatic N) is 2. The van der Waals surface area contributed by atoms with Crippen LogP contribution >= 0.6 is 11.6 Å². The molecule has 0 unspecified atom stereocenters. The molecule has 2 N–H and O–H groups in total. The summed E-state index contributed by atoms with van der Waals surface area (Å²) in [4.78, 5) is 12.1. The van der Waals surface area contributed by atoms with Gasteiger partial charge in [0.2, 0.25) is 0 Å². The van der Waals surface area contributed by atoms with Gasteiger partial charge in [-0.25, -0.2) is 5.43 Å². The number of rotatable bonds is 4. The molecule has 0 saturated heterocycles. The van der Waals surface area contributed by atoms with Gasteiger partial charge in [0, 0.05) is 21.7 Å². The molecule has 2 aromatic heterocycles. The van der Waals surface area contributed by atoms with E-state index in [-0.39, 0.29) is 11.1 Å². The van der Waals surface area contributed by atoms with Crippen molar-refractivity contribution in [2.45, 2.75) is 26.2 Å². The third-order valence-electron chi connectivity index (χ3n) is 3.73. The molecule has 2 heterocycles. The molecule has 0 aliphatic rings. The zero-order valence-corrected chi connectivity index (χ0v) is 15.5. The van der Waals surface area contributed by atoms with E-state index in [1.807, 2.05) is 39.0 Å². The number of aromatic amines is 1. The molecule has 0 bridgehead atoms. The molecule has 0 fully saturated rings. The van der Waals surface area contributed by atoms with Gasteiger partial charge in [0.1, 0.15) is 11.5 Å². The molecule has 1 amide bonds. The van der Waals surface area contributed by atoms with E-state index in [2.05, 4.69) is 20.7 Å². The number of benzene rings is 1. The van der Waals surface area contributed by atoms with Crippen molar-refractivity contribution in [3.05, 3.63) is 64.6 Å². The van der Waals surface area contributed by atoms with Gasteiger partial charge in [-0.3, -0.25) is 9.89 Å². The highest BCUT2D eigenvalue weighted by Gasteiger charge is 2.19. The Hall–Kier alpha value is -2.86. The van der Waals surface area contributed by atoms with Crippen LogP contribution in [0.15, 0.2) is 52.0 Å². The highest BCUT2D eigenvalue weighted by Crippen LogP contribution is 2.23. The van der Waals surface area contributed by atoms with Crippen LogP contribution in [0.1, 0.15) is 42.7 Å². The number of nitrogens with one attached hydrogen (secondary N) is 2. The molecular weight excluding hydrogens is 352 g/mol. The Kier molecular flexibility index (Phi) is 4.95. The summed E-state index contributed by atoms with van der Waals surface area (Å²) >= 11 is 5.88. The van der Waals surface area contributed by atoms with Gasteiger partial charge in [0.15, 0.2) is 5.69 Å². The maximum Gasteiger partial charge on any atom is 0.291 e. The maximum atomic E-state index is 12.1. The molecule has 1 aromatic carbocycles. The highest BCUT2D eigenvalue weighted by atomic mass is 35.5. The zero-order valence-electron chi connectivity index (χ0n) is 14.7. The minimum atomic E-state index is -0.391. The first-order valence-corrected chi connectivity index (χ1v) is 8.46. The number of carbonyl (C=O) groups is 1. The third kappa shape index (κ3) is 4.21. The van der Waals surface area contributed by atoms with Gasteiger partial charge in [-0.1, -0.05) is 32.4 Å². The van der Waals surface area contributed by atoms with Crippen LogP contribution in [0.3, 0.4) is 0 Å². The standard InChI is InChI=1S/C19H19ClN4O2/c1-19(2,3)17-10-15(22-23-17)18(25)24-21-11-14-8-9-16(26-14)12-4-6-13(20)7-5-12/h4-11H,1-3H3,(H,22,23)(H,24,25)/b21-11+. The predicted octanol–water partition coefficient (Wildman–Crippen LogP) is 4.38. The summed E-state index contributed by atoms with van der Waals surface area (Å²) in [5.41, 5.74) is 4.40. The minimum absolute atomic E-state index is 0.110. The van der Waals surface area contributed by atoms with Crippen LogP contribution in [0.25, 0.3) is 11.3 Å². The number of aromatic nitrogens is 2. The van der Waals surface area contributed by atoms with Crippen molar-refractivity contribution < 1.29 is 9.21 Å². The number of carbonyl (C=O) groups excluding carboxylic acids is 1. The van der Waals surface area contributed by atoms with Crippen molar-refractivity contribution in [1.29, 1.82) is 0 Å². The fourth-order valence-electron chi connectivity index (χ4n) is 2.23. The number of halogens is 1. The molecule has 7 heteroatoms. The number of hydrazone groups is 1. The molecule has 0 aliphatic heterocycles. The number of hydrogen-bond donors (Lipinski definition) is 2. The van der Waals surface area contributed by atoms with E-state index in [1.165, 1.54) is 6.21 Å². The van der Waals surface area contributed by atoms with Gasteiger partial charge in [-0.15, -0.1) is 0 Å². The van der Waals surface area contributed by atoms with Crippen molar-refractivity contribution in [2.75, 3.05) is 0 Å². The van der Waals surface area contributed by atoms with Gasteiger partial charge >= 0.3 is 0 Å². The summed E-state index contributed by atoms with van der Waals surface area (Å²) in [6, 6.07) is 12.6. The average molecular weight is 371 g/mol. The van der Waals surface area contributed by atoms with Crippen LogP contribution in [0, 0.1) is 0 Å². The second-order valence-corrected chi connectivity index (χ2v) is 7.26. The molecule has 3 aromatic rings. The van der Waals surface area contributed by atoms with Gasteiger partial charge in [0.05, 0.1) is 6.21 Å². The van der Waals surface area contributed by atoms with Crippen LogP contribution in [0.5, 0.6) is 0 Å². The summed E-state index contributed by atoms with van der Waals surface area (Å²) in [7, 11) is 0. The highest BCUT2D eigenvalue weighted by molar-refractivity contribution is 6.30. The minimum Gasteiger partial charge on any atom is -0.455 e. The molecule has 6 nitrogen and oxygen atoms in total. The van der Waals surface area contributed by atoms with Gasteiger partial charge in [-0.05, 0) is 42.5 Å². The lowest BCUT2D eigenvalue weighted by atomic mass is 9.92. The summed E-state index contributed by atoms with van der Waals surface area (Å²) in [5, 5.41) is 11.5. The normalized spacial score (nSPS) is 11.8. The largest absolute Gasteiger partial charge is 0.455 e. The van der Waals surface area contributed by atoms with Crippen LogP contribution in [0.2, 0.25) is 5.02 Å². The Labute approximate surface area is 156 Å². The van der Waals surface area contributed by atoms with E-state index in [9.17, 15) is 4.79 Å². The molecule has 0 aliphatic carbocycles. The van der Waals surface area contributed by atoms with Crippen molar-refractivity contribution in [1.82, 2.24) is 15.6 Å². The first-order chi connectivity index (χ1) is 12.3. The second-order valence-electron chi connectivity index (χ2n) is 6.82. The lowest BCUT2D eigenvalue weighted by molar-refractivity contribution is 0.0950. The van der Waals surface area contributed by atoms with Gasteiger partial charge in [0.25, 0.3) is 5.91 Å². The quantitative estimate of drug-likeness (QED) is 0.528. The monoisotopic (exact) mass is 370 g/mol. The molecule has 0 spiro atoms. The van der Waals surface area contributed by atoms with E-state index >= 15 is 0 Å². The first-order valence-electron chi connectivity index (χ1n) is 8.08. The topological polar surface area (TPSA) is 83.3 Å². The predicted molar refractivity (Wildman–Crippen MR) is 102 cm³/mol. The van der Waals surface area contributed by atoms with Crippen molar-refractivity contribution in [3.63, 3.8) is 0 Å². The number of furan rings is 1. The fraction of sp³-hybridized carbons (Fsp3) is 0.211. The van der Waals surface area contributed by atoms with Crippen LogP contribution in [-0.4, -0.2) is 22.3 Å². The fourth-order valence-corrected chi connectivity index (χ4v) is 2.35. The Balaban J connectivity index is 1.63. The Bertz CT molecular complexity index is 933. The smallest absolute Gasteiger partial charge is 0.291 e. The summed E-state index contributed by atoms with van der Waals surface area (Å²) in [6.45, 7) is 6.11. The van der Waals surface area contributed by atoms with Crippen LogP contribution in [-0.2, 0) is 5.41 Å². The zero-order chi connectivity index (χ0) is 18.7. The number of H-pyrrole nitrogens is 1. The van der Waals surface area contributed by atoms with Gasteiger partial charge in [-0.2, -0.15) is 10.2 Å². The second kappa shape index (κ2) is 7.17. The molecule has 3 rings (SSSR count). The SMILES string of the molecule is CC(C)(C)c1cc(C(=O)N/N=C/c2ccc(-c3ccc(Cl)cc3)o2)n[nH]1. The van der Waals surface area contributed by atoms with Crippen LogP contribution in [0.4, 0.5) is 0 Å². The maximum absolute atomic E-state index is 12.1. The molecular formula is C19H19ClN4O2. The number of hydrogen-bond acceptors (Lipinski definition) is 4. The summed E-state index contributed by atoms with van der Waals surface area (Å²) < 4.78 is 5.68. The summed E-state index contributed by atoms with van der Waals surface area (Å²) in [5.74, 6) is 0.821. The third-order valence-corrected chi connectivity index (χ3v) is 3.98. The molecule has 134 valence electrons. The Morgan fingerprint density at radius 3 is 2.62 bits per heavy atom. The Morgan fingerprint density at radius 2 is 1.96 bits per heavy atom. The Morgan fingerprint density at radius 1 is 1.23 bits per heavy atom. The van der Waals surface area contributed by atoms with Crippen molar-refractivity contribution in [3.8, 4) is 11.3 Å². The van der Waals surface area contributed by atoms with E-state index in [0.717, 1.165) is 11.3 Å². The van der Waals surface area contributed by atoms with E-state index in [0.29, 0.717) is 16.5 Å². The lowest BCUT2D eigenvalue weighted by Gasteiger charge is -2.14. The average Bonchev–Trinajstić information content (AvgIpc) is 3.24. The summed E-state index contributed by atoms with van der Waals surface area (Å²) in [6.07, 6.45) is 1.44. The van der Waals surface area contributed by atoms with E-state index in [1.54, 1.807) is 24.3 Å². The first kappa shape index (κ1) is 17.9. The van der Waals surface area contributed by atoms with Gasteiger partial charge < -0.3 is 4.42 Å². The molecule has 26 heavy (non-hydrogen) atoms. The molecule has 0 radical (unpaired) electrons. The van der Waals surface area contributed by atoms with Crippen molar-refractivity contribution in [2.24, 2.45) is 5.10 Å². The van der Waals surface area contributed by atoms with Crippen LogP contribution < -0.4 is 5.43 Å².